The van der Waals surface area contributed by atoms with E-state index < -0.39 is 5.97 Å². The van der Waals surface area contributed by atoms with Crippen LogP contribution in [0.15, 0.2) is 36.7 Å². The lowest BCUT2D eigenvalue weighted by Crippen LogP contribution is -2.04. The zero-order valence-electron chi connectivity index (χ0n) is 14.4. The standard InChI is InChI=1S/C19H20N4O3/c1-12-3-5-13(6-4-12)16-14(7-8-15(25)26)23(9-2-10-24)19-17(16)18(20)21-11-22-19/h3-8,11,24H,2,9-10H2,1H3,(H,25,26)(H2,20,21,22)/b8-7+. The van der Waals surface area contributed by atoms with E-state index in [2.05, 4.69) is 9.97 Å². The molecule has 0 bridgehead atoms. The lowest BCUT2D eigenvalue weighted by molar-refractivity contribution is -0.131. The van der Waals surface area contributed by atoms with Crippen molar-refractivity contribution in [2.45, 2.75) is 19.9 Å². The maximum absolute atomic E-state index is 11.1. The van der Waals surface area contributed by atoms with Gasteiger partial charge < -0.3 is 20.5 Å². The molecule has 2 aromatic heterocycles. The Bertz CT molecular complexity index is 975. The zero-order valence-corrected chi connectivity index (χ0v) is 14.4. The number of hydrogen-bond donors (Lipinski definition) is 3. The number of rotatable bonds is 6. The Balaban J connectivity index is 2.36. The summed E-state index contributed by atoms with van der Waals surface area (Å²) >= 11 is 0. The van der Waals surface area contributed by atoms with Crippen molar-refractivity contribution in [2.75, 3.05) is 12.3 Å². The summed E-state index contributed by atoms with van der Waals surface area (Å²) in [6.07, 6.45) is 4.52. The lowest BCUT2D eigenvalue weighted by Gasteiger charge is -2.08. The van der Waals surface area contributed by atoms with Crippen LogP contribution in [0.4, 0.5) is 5.82 Å². The fourth-order valence-corrected chi connectivity index (χ4v) is 3.00. The van der Waals surface area contributed by atoms with Crippen molar-refractivity contribution in [2.24, 2.45) is 0 Å². The highest BCUT2D eigenvalue weighted by Crippen LogP contribution is 2.37. The number of aliphatic carboxylic acids is 1. The first-order valence-electron chi connectivity index (χ1n) is 8.24. The normalized spacial score (nSPS) is 11.5. The van der Waals surface area contributed by atoms with Gasteiger partial charge in [0.15, 0.2) is 0 Å². The number of carboxylic acid groups (broad SMARTS) is 1. The molecule has 7 heteroatoms. The van der Waals surface area contributed by atoms with Crippen molar-refractivity contribution >= 4 is 28.9 Å². The van der Waals surface area contributed by atoms with Crippen molar-refractivity contribution in [1.29, 1.82) is 0 Å². The molecule has 7 nitrogen and oxygen atoms in total. The third-order valence-electron chi connectivity index (χ3n) is 4.17. The van der Waals surface area contributed by atoms with E-state index in [1.165, 1.54) is 12.4 Å². The van der Waals surface area contributed by atoms with Gasteiger partial charge in [0.1, 0.15) is 17.8 Å². The molecule has 0 saturated heterocycles. The van der Waals surface area contributed by atoms with Crippen LogP contribution in [0.5, 0.6) is 0 Å². The van der Waals surface area contributed by atoms with Crippen LogP contribution < -0.4 is 5.73 Å². The van der Waals surface area contributed by atoms with Crippen LogP contribution >= 0.6 is 0 Å². The second-order valence-electron chi connectivity index (χ2n) is 5.98. The molecule has 0 radical (unpaired) electrons. The number of aliphatic hydroxyl groups excluding tert-OH is 1. The molecule has 0 fully saturated rings. The molecule has 26 heavy (non-hydrogen) atoms. The number of hydrogen-bond acceptors (Lipinski definition) is 5. The van der Waals surface area contributed by atoms with Crippen molar-refractivity contribution in [3.8, 4) is 11.1 Å². The molecule has 0 aliphatic heterocycles. The Kier molecular flexibility index (Phi) is 4.99. The average Bonchev–Trinajstić information content (AvgIpc) is 2.93. The molecular formula is C19H20N4O3. The summed E-state index contributed by atoms with van der Waals surface area (Å²) in [5.74, 6) is -0.712. The van der Waals surface area contributed by atoms with E-state index in [-0.39, 0.29) is 6.61 Å². The van der Waals surface area contributed by atoms with Gasteiger partial charge in [0.2, 0.25) is 0 Å². The first kappa shape index (κ1) is 17.6. The van der Waals surface area contributed by atoms with Gasteiger partial charge in [0, 0.05) is 24.8 Å². The van der Waals surface area contributed by atoms with Gasteiger partial charge in [-0.15, -0.1) is 0 Å². The molecule has 0 aliphatic rings. The van der Waals surface area contributed by atoms with E-state index in [0.717, 1.165) is 22.8 Å². The average molecular weight is 352 g/mol. The number of nitrogens with zero attached hydrogens (tertiary/aromatic N) is 3. The molecule has 2 heterocycles. The number of fused-ring (bicyclic) bond motifs is 1. The SMILES string of the molecule is Cc1ccc(-c2c(/C=C/C(=O)O)n(CCCO)c3ncnc(N)c23)cc1. The van der Waals surface area contributed by atoms with Crippen LogP contribution in [-0.4, -0.2) is 37.3 Å². The summed E-state index contributed by atoms with van der Waals surface area (Å²) in [4.78, 5) is 19.5. The molecule has 4 N–H and O–H groups in total. The smallest absolute Gasteiger partial charge is 0.328 e. The third-order valence-corrected chi connectivity index (χ3v) is 4.17. The third kappa shape index (κ3) is 3.29. The van der Waals surface area contributed by atoms with Gasteiger partial charge in [0.25, 0.3) is 0 Å². The largest absolute Gasteiger partial charge is 0.478 e. The predicted octanol–water partition coefficient (Wildman–Crippen LogP) is 2.47. The maximum Gasteiger partial charge on any atom is 0.328 e. The topological polar surface area (TPSA) is 114 Å². The number of benzene rings is 1. The molecule has 0 saturated carbocycles. The molecular weight excluding hydrogens is 332 g/mol. The predicted molar refractivity (Wildman–Crippen MR) is 100 cm³/mol. The van der Waals surface area contributed by atoms with E-state index in [1.54, 1.807) is 0 Å². The minimum Gasteiger partial charge on any atom is -0.478 e. The monoisotopic (exact) mass is 352 g/mol. The lowest BCUT2D eigenvalue weighted by atomic mass is 10.0. The highest BCUT2D eigenvalue weighted by molar-refractivity contribution is 6.05. The van der Waals surface area contributed by atoms with Crippen LogP contribution in [0.3, 0.4) is 0 Å². The fraction of sp³-hybridized carbons (Fsp3) is 0.211. The quantitative estimate of drug-likeness (QED) is 0.587. The number of carbonyl (C=O) groups is 1. The van der Waals surface area contributed by atoms with Crippen LogP contribution in [0.1, 0.15) is 17.7 Å². The van der Waals surface area contributed by atoms with E-state index >= 15 is 0 Å². The minimum absolute atomic E-state index is 0.0161. The van der Waals surface area contributed by atoms with Gasteiger partial charge in [0.05, 0.1) is 11.1 Å². The first-order valence-corrected chi connectivity index (χ1v) is 8.24. The Labute approximate surface area is 150 Å². The summed E-state index contributed by atoms with van der Waals surface area (Å²) in [5.41, 5.74) is 10.2. The molecule has 134 valence electrons. The minimum atomic E-state index is -1.04. The van der Waals surface area contributed by atoms with Crippen molar-refractivity contribution in [3.63, 3.8) is 0 Å². The Morgan fingerprint density at radius 2 is 2.00 bits per heavy atom. The molecule has 0 amide bonds. The maximum atomic E-state index is 11.1. The second kappa shape index (κ2) is 7.37. The molecule has 3 rings (SSSR count). The second-order valence-corrected chi connectivity index (χ2v) is 5.98. The number of anilines is 1. The Morgan fingerprint density at radius 3 is 2.65 bits per heavy atom. The summed E-state index contributed by atoms with van der Waals surface area (Å²) in [7, 11) is 0. The summed E-state index contributed by atoms with van der Waals surface area (Å²) in [5, 5.41) is 19.0. The van der Waals surface area contributed by atoms with Gasteiger partial charge in [-0.25, -0.2) is 14.8 Å². The van der Waals surface area contributed by atoms with Crippen LogP contribution in [0.25, 0.3) is 28.2 Å². The molecule has 1 aromatic carbocycles. The van der Waals surface area contributed by atoms with E-state index in [1.807, 2.05) is 35.8 Å². The number of aromatic nitrogens is 3. The van der Waals surface area contributed by atoms with E-state index in [9.17, 15) is 9.90 Å². The molecule has 0 spiro atoms. The van der Waals surface area contributed by atoms with Gasteiger partial charge in [-0.05, 0) is 25.0 Å². The van der Waals surface area contributed by atoms with Gasteiger partial charge in [-0.1, -0.05) is 29.8 Å². The summed E-state index contributed by atoms with van der Waals surface area (Å²) < 4.78 is 1.87. The Hall–Kier alpha value is -3.19. The molecule has 0 unspecified atom stereocenters. The highest BCUT2D eigenvalue weighted by Gasteiger charge is 2.20. The highest BCUT2D eigenvalue weighted by atomic mass is 16.4. The van der Waals surface area contributed by atoms with Gasteiger partial charge in [-0.2, -0.15) is 0 Å². The molecule has 0 atom stereocenters. The Morgan fingerprint density at radius 1 is 1.27 bits per heavy atom. The molecule has 3 aromatic rings. The van der Waals surface area contributed by atoms with Crippen molar-refractivity contribution in [1.82, 2.24) is 14.5 Å². The number of aryl methyl sites for hydroxylation is 2. The van der Waals surface area contributed by atoms with Crippen LogP contribution in [0.2, 0.25) is 0 Å². The van der Waals surface area contributed by atoms with Gasteiger partial charge >= 0.3 is 5.97 Å². The summed E-state index contributed by atoms with van der Waals surface area (Å²) in [6, 6.07) is 7.89. The van der Waals surface area contributed by atoms with E-state index in [0.29, 0.717) is 35.5 Å². The molecule has 0 aliphatic carbocycles. The van der Waals surface area contributed by atoms with Crippen LogP contribution in [-0.2, 0) is 11.3 Å². The van der Waals surface area contributed by atoms with Gasteiger partial charge in [-0.3, -0.25) is 0 Å². The number of aliphatic hydroxyl groups is 1. The van der Waals surface area contributed by atoms with Crippen molar-refractivity contribution < 1.29 is 15.0 Å². The summed E-state index contributed by atoms with van der Waals surface area (Å²) in [6.45, 7) is 2.49. The number of nitrogen functional groups attached to an aromatic ring is 1. The fourth-order valence-electron chi connectivity index (χ4n) is 3.00. The number of carboxylic acids is 1. The van der Waals surface area contributed by atoms with Crippen molar-refractivity contribution in [3.05, 3.63) is 47.9 Å². The zero-order chi connectivity index (χ0) is 18.7. The first-order chi connectivity index (χ1) is 12.5. The van der Waals surface area contributed by atoms with Crippen LogP contribution in [0, 0.1) is 6.92 Å². The van der Waals surface area contributed by atoms with E-state index in [4.69, 9.17) is 10.8 Å². The number of nitrogens with two attached hydrogens (primary N) is 1.